The number of ether oxygens (including phenoxy) is 1. The molecule has 0 amide bonds. The molecule has 0 spiro atoms. The maximum atomic E-state index is 5.84. The number of hydrogen-bond donors (Lipinski definition) is 1. The van der Waals surface area contributed by atoms with Crippen molar-refractivity contribution in [2.75, 3.05) is 17.8 Å². The number of pyridine rings is 1. The predicted molar refractivity (Wildman–Crippen MR) is 73.0 cm³/mol. The van der Waals surface area contributed by atoms with Crippen LogP contribution >= 0.6 is 11.6 Å². The molecule has 2 atom stereocenters. The minimum Gasteiger partial charge on any atom is -0.490 e. The van der Waals surface area contributed by atoms with E-state index < -0.39 is 0 Å². The van der Waals surface area contributed by atoms with E-state index in [0.29, 0.717) is 18.4 Å². The van der Waals surface area contributed by atoms with Gasteiger partial charge in [-0.1, -0.05) is 13.8 Å². The Morgan fingerprint density at radius 3 is 2.88 bits per heavy atom. The first-order chi connectivity index (χ1) is 8.19. The van der Waals surface area contributed by atoms with Crippen LogP contribution in [0.3, 0.4) is 0 Å². The van der Waals surface area contributed by atoms with Crippen LogP contribution in [0.5, 0.6) is 5.75 Å². The summed E-state index contributed by atoms with van der Waals surface area (Å²) in [4.78, 5) is 4.31. The van der Waals surface area contributed by atoms with E-state index in [4.69, 9.17) is 16.3 Å². The molecule has 0 aliphatic heterocycles. The average Bonchev–Trinajstić information content (AvgIpc) is 2.36. The molecule has 0 aliphatic carbocycles. The van der Waals surface area contributed by atoms with E-state index in [1.807, 2.05) is 12.1 Å². The number of nitrogens with zero attached hydrogens (tertiary/aromatic N) is 1. The van der Waals surface area contributed by atoms with Crippen LogP contribution in [-0.4, -0.2) is 23.5 Å². The Bertz CT molecular complexity index is 333. The van der Waals surface area contributed by atoms with E-state index in [0.717, 1.165) is 18.0 Å². The number of hydrogen-bond acceptors (Lipinski definition) is 3. The fourth-order valence-corrected chi connectivity index (χ4v) is 1.59. The molecule has 0 bridgehead atoms. The lowest BCUT2D eigenvalue weighted by Crippen LogP contribution is -2.25. The summed E-state index contributed by atoms with van der Waals surface area (Å²) in [6, 6.07) is 4.08. The van der Waals surface area contributed by atoms with Crippen molar-refractivity contribution in [2.24, 2.45) is 5.92 Å². The standard InChI is InChI=1S/C13H21ClN2O/c1-4-8-17-12-6-5-7-15-13(12)16-11(3)10(2)9-14/h5-7,10-11H,4,8-9H2,1-3H3,(H,15,16). The monoisotopic (exact) mass is 256 g/mol. The van der Waals surface area contributed by atoms with E-state index >= 15 is 0 Å². The van der Waals surface area contributed by atoms with Gasteiger partial charge in [0.05, 0.1) is 6.61 Å². The Hall–Kier alpha value is -0.960. The summed E-state index contributed by atoms with van der Waals surface area (Å²) in [5.74, 6) is 2.62. The van der Waals surface area contributed by atoms with Crippen LogP contribution in [0, 0.1) is 5.92 Å². The molecule has 2 unspecified atom stereocenters. The van der Waals surface area contributed by atoms with Crippen molar-refractivity contribution in [3.63, 3.8) is 0 Å². The average molecular weight is 257 g/mol. The second-order valence-corrected chi connectivity index (χ2v) is 4.57. The quantitative estimate of drug-likeness (QED) is 0.758. The summed E-state index contributed by atoms with van der Waals surface area (Å²) in [7, 11) is 0. The largest absolute Gasteiger partial charge is 0.490 e. The van der Waals surface area contributed by atoms with Gasteiger partial charge in [-0.25, -0.2) is 4.98 Å². The van der Waals surface area contributed by atoms with Gasteiger partial charge in [-0.15, -0.1) is 11.6 Å². The van der Waals surface area contributed by atoms with E-state index in [1.165, 1.54) is 0 Å². The van der Waals surface area contributed by atoms with Crippen LogP contribution in [0.25, 0.3) is 0 Å². The molecular weight excluding hydrogens is 236 g/mol. The minimum atomic E-state index is 0.270. The maximum Gasteiger partial charge on any atom is 0.168 e. The fraction of sp³-hybridized carbons (Fsp3) is 0.615. The van der Waals surface area contributed by atoms with Crippen molar-refractivity contribution >= 4 is 17.4 Å². The summed E-state index contributed by atoms with van der Waals surface area (Å²) in [5, 5.41) is 3.35. The number of aromatic nitrogens is 1. The molecule has 0 saturated carbocycles. The highest BCUT2D eigenvalue weighted by molar-refractivity contribution is 6.18. The molecule has 1 aromatic rings. The summed E-state index contributed by atoms with van der Waals surface area (Å²) in [6.45, 7) is 7.01. The van der Waals surface area contributed by atoms with Gasteiger partial charge in [0.25, 0.3) is 0 Å². The highest BCUT2D eigenvalue weighted by Crippen LogP contribution is 2.23. The number of halogens is 1. The third-order valence-corrected chi connectivity index (χ3v) is 3.18. The van der Waals surface area contributed by atoms with Crippen molar-refractivity contribution < 1.29 is 4.74 Å². The van der Waals surface area contributed by atoms with Crippen molar-refractivity contribution in [2.45, 2.75) is 33.2 Å². The van der Waals surface area contributed by atoms with Crippen molar-refractivity contribution in [3.05, 3.63) is 18.3 Å². The molecule has 0 aromatic carbocycles. The lowest BCUT2D eigenvalue weighted by Gasteiger charge is -2.21. The zero-order valence-corrected chi connectivity index (χ0v) is 11.5. The first kappa shape index (κ1) is 14.1. The van der Waals surface area contributed by atoms with Gasteiger partial charge in [0, 0.05) is 18.1 Å². The van der Waals surface area contributed by atoms with Crippen LogP contribution in [0.15, 0.2) is 18.3 Å². The predicted octanol–water partition coefficient (Wildman–Crippen LogP) is 3.55. The van der Waals surface area contributed by atoms with Crippen LogP contribution in [-0.2, 0) is 0 Å². The van der Waals surface area contributed by atoms with E-state index in [1.54, 1.807) is 6.20 Å². The summed E-state index contributed by atoms with van der Waals surface area (Å²) in [5.41, 5.74) is 0. The number of rotatable bonds is 7. The molecule has 17 heavy (non-hydrogen) atoms. The van der Waals surface area contributed by atoms with Gasteiger partial charge in [-0.2, -0.15) is 0 Å². The van der Waals surface area contributed by atoms with Crippen molar-refractivity contribution in [3.8, 4) is 5.75 Å². The zero-order valence-electron chi connectivity index (χ0n) is 10.7. The van der Waals surface area contributed by atoms with E-state index in [-0.39, 0.29) is 6.04 Å². The van der Waals surface area contributed by atoms with Crippen molar-refractivity contribution in [1.82, 2.24) is 4.98 Å². The minimum absolute atomic E-state index is 0.270. The lowest BCUT2D eigenvalue weighted by molar-refractivity contribution is 0.317. The molecule has 1 rings (SSSR count). The fourth-order valence-electron chi connectivity index (χ4n) is 1.32. The Balaban J connectivity index is 2.68. The lowest BCUT2D eigenvalue weighted by atomic mass is 10.1. The highest BCUT2D eigenvalue weighted by Gasteiger charge is 2.13. The second kappa shape index (κ2) is 7.38. The van der Waals surface area contributed by atoms with Gasteiger partial charge in [-0.3, -0.25) is 0 Å². The molecule has 1 heterocycles. The first-order valence-corrected chi connectivity index (χ1v) is 6.62. The third kappa shape index (κ3) is 4.43. The summed E-state index contributed by atoms with van der Waals surface area (Å²) < 4.78 is 5.64. The molecule has 1 N–H and O–H groups in total. The molecule has 3 nitrogen and oxygen atoms in total. The third-order valence-electron chi connectivity index (χ3n) is 2.69. The molecular formula is C13H21ClN2O. The normalized spacial score (nSPS) is 14.1. The Labute approximate surface area is 109 Å². The number of nitrogens with one attached hydrogen (secondary N) is 1. The van der Waals surface area contributed by atoms with Gasteiger partial charge in [0.15, 0.2) is 11.6 Å². The molecule has 1 aromatic heterocycles. The second-order valence-electron chi connectivity index (χ2n) is 4.26. The molecule has 0 saturated heterocycles. The topological polar surface area (TPSA) is 34.1 Å². The van der Waals surface area contributed by atoms with Crippen molar-refractivity contribution in [1.29, 1.82) is 0 Å². The van der Waals surface area contributed by atoms with Gasteiger partial charge in [0.1, 0.15) is 0 Å². The molecule has 0 radical (unpaired) electrons. The van der Waals surface area contributed by atoms with Gasteiger partial charge in [0.2, 0.25) is 0 Å². The van der Waals surface area contributed by atoms with Gasteiger partial charge < -0.3 is 10.1 Å². The Morgan fingerprint density at radius 1 is 1.47 bits per heavy atom. The molecule has 0 aliphatic rings. The van der Waals surface area contributed by atoms with Gasteiger partial charge in [-0.05, 0) is 31.4 Å². The summed E-state index contributed by atoms with van der Waals surface area (Å²) >= 11 is 5.84. The highest BCUT2D eigenvalue weighted by atomic mass is 35.5. The molecule has 0 fully saturated rings. The van der Waals surface area contributed by atoms with E-state index in [9.17, 15) is 0 Å². The Kier molecular flexibility index (Phi) is 6.12. The molecule has 96 valence electrons. The number of alkyl halides is 1. The van der Waals surface area contributed by atoms with Gasteiger partial charge >= 0.3 is 0 Å². The van der Waals surface area contributed by atoms with Crippen LogP contribution in [0.1, 0.15) is 27.2 Å². The summed E-state index contributed by atoms with van der Waals surface area (Å²) in [6.07, 6.45) is 2.75. The molecule has 4 heteroatoms. The number of anilines is 1. The smallest absolute Gasteiger partial charge is 0.168 e. The van der Waals surface area contributed by atoms with Crippen LogP contribution in [0.2, 0.25) is 0 Å². The van der Waals surface area contributed by atoms with E-state index in [2.05, 4.69) is 31.1 Å². The van der Waals surface area contributed by atoms with Crippen LogP contribution in [0.4, 0.5) is 5.82 Å². The SMILES string of the molecule is CCCOc1cccnc1NC(C)C(C)CCl. The maximum absolute atomic E-state index is 5.84. The Morgan fingerprint density at radius 2 is 2.24 bits per heavy atom. The first-order valence-electron chi connectivity index (χ1n) is 6.09. The zero-order chi connectivity index (χ0) is 12.7. The van der Waals surface area contributed by atoms with Crippen LogP contribution < -0.4 is 10.1 Å².